The lowest BCUT2D eigenvalue weighted by Gasteiger charge is -2.18. The summed E-state index contributed by atoms with van der Waals surface area (Å²) in [5, 5.41) is 13.8. The third kappa shape index (κ3) is 4.91. The number of hydrogen-bond donors (Lipinski definition) is 2. The van der Waals surface area contributed by atoms with Gasteiger partial charge in [-0.1, -0.05) is 60.2 Å². The van der Waals surface area contributed by atoms with Crippen molar-refractivity contribution in [3.8, 4) is 0 Å². The number of benzene rings is 2. The molecule has 2 aromatic rings. The smallest absolute Gasteiger partial charge is 0.0914 e. The predicted octanol–water partition coefficient (Wildman–Crippen LogP) is 2.94. The summed E-state index contributed by atoms with van der Waals surface area (Å²) in [5.74, 6) is 0. The van der Waals surface area contributed by atoms with Gasteiger partial charge in [-0.25, -0.2) is 0 Å². The zero-order chi connectivity index (χ0) is 16.8. The Morgan fingerprint density at radius 2 is 1.88 bits per heavy atom. The Morgan fingerprint density at radius 3 is 2.62 bits per heavy atom. The van der Waals surface area contributed by atoms with E-state index >= 15 is 0 Å². The van der Waals surface area contributed by atoms with Crippen molar-refractivity contribution < 1.29 is 5.11 Å². The lowest BCUT2D eigenvalue weighted by atomic mass is 10.1. The molecule has 3 nitrogen and oxygen atoms in total. The second kappa shape index (κ2) is 8.43. The molecule has 2 aromatic carbocycles. The van der Waals surface area contributed by atoms with Gasteiger partial charge in [-0.05, 0) is 37.4 Å². The molecule has 2 N–H and O–H groups in total. The van der Waals surface area contributed by atoms with Crippen LogP contribution in [0.4, 0.5) is 0 Å². The molecule has 3 heteroatoms. The van der Waals surface area contributed by atoms with Crippen molar-refractivity contribution >= 4 is 0 Å². The van der Waals surface area contributed by atoms with Crippen LogP contribution in [0.1, 0.15) is 29.2 Å². The zero-order valence-corrected chi connectivity index (χ0v) is 14.5. The van der Waals surface area contributed by atoms with Crippen molar-refractivity contribution in [2.45, 2.75) is 31.9 Å². The van der Waals surface area contributed by atoms with Crippen LogP contribution in [-0.4, -0.2) is 42.2 Å². The van der Waals surface area contributed by atoms with E-state index in [1.807, 2.05) is 12.1 Å². The Hall–Kier alpha value is -1.68. The van der Waals surface area contributed by atoms with Crippen LogP contribution in [0.15, 0.2) is 54.6 Å². The lowest BCUT2D eigenvalue weighted by Crippen LogP contribution is -2.35. The quantitative estimate of drug-likeness (QED) is 0.822. The van der Waals surface area contributed by atoms with Gasteiger partial charge < -0.3 is 15.3 Å². The Labute approximate surface area is 145 Å². The molecule has 0 aromatic heterocycles. The highest BCUT2D eigenvalue weighted by molar-refractivity contribution is 5.23. The summed E-state index contributed by atoms with van der Waals surface area (Å²) in [5.41, 5.74) is 3.62. The average Bonchev–Trinajstić information content (AvgIpc) is 3.07. The maximum absolute atomic E-state index is 10.3. The summed E-state index contributed by atoms with van der Waals surface area (Å²) in [6, 6.07) is 19.3. The highest BCUT2D eigenvalue weighted by Crippen LogP contribution is 2.15. The number of aliphatic hydroxyl groups excluding tert-OH is 1. The molecule has 1 aliphatic heterocycles. The number of nitrogens with zero attached hydrogens (tertiary/aromatic N) is 1. The first-order valence-corrected chi connectivity index (χ1v) is 8.95. The van der Waals surface area contributed by atoms with Crippen LogP contribution in [0.25, 0.3) is 0 Å². The topological polar surface area (TPSA) is 35.5 Å². The first kappa shape index (κ1) is 17.2. The minimum absolute atomic E-state index is 0.427. The molecule has 0 spiro atoms. The minimum atomic E-state index is -0.427. The number of aliphatic hydroxyl groups is 1. The van der Waals surface area contributed by atoms with Crippen LogP contribution in [0.3, 0.4) is 0 Å². The van der Waals surface area contributed by atoms with E-state index in [0.29, 0.717) is 12.6 Å². The largest absolute Gasteiger partial charge is 0.387 e. The number of rotatable bonds is 7. The molecule has 1 saturated heterocycles. The predicted molar refractivity (Wildman–Crippen MR) is 99.1 cm³/mol. The monoisotopic (exact) mass is 324 g/mol. The molecule has 0 bridgehead atoms. The van der Waals surface area contributed by atoms with Gasteiger partial charge in [0, 0.05) is 25.7 Å². The second-order valence-electron chi connectivity index (χ2n) is 6.86. The third-order valence-corrected chi connectivity index (χ3v) is 4.89. The van der Waals surface area contributed by atoms with Crippen molar-refractivity contribution in [3.63, 3.8) is 0 Å². The average molecular weight is 324 g/mol. The lowest BCUT2D eigenvalue weighted by molar-refractivity contribution is 0.169. The van der Waals surface area contributed by atoms with Crippen molar-refractivity contribution in [3.05, 3.63) is 71.3 Å². The van der Waals surface area contributed by atoms with Gasteiger partial charge in [0.05, 0.1) is 6.10 Å². The Balaban J connectivity index is 1.39. The van der Waals surface area contributed by atoms with Crippen LogP contribution in [0.2, 0.25) is 0 Å². The molecule has 0 saturated carbocycles. The Morgan fingerprint density at radius 1 is 1.12 bits per heavy atom. The summed E-state index contributed by atoms with van der Waals surface area (Å²) in [6.07, 6.45) is 1.85. The normalized spacial score (nSPS) is 19.5. The van der Waals surface area contributed by atoms with E-state index in [9.17, 15) is 5.11 Å². The molecule has 0 amide bonds. The summed E-state index contributed by atoms with van der Waals surface area (Å²) in [7, 11) is 0. The number of aryl methyl sites for hydroxylation is 1. The van der Waals surface area contributed by atoms with E-state index in [2.05, 4.69) is 59.6 Å². The van der Waals surface area contributed by atoms with Crippen molar-refractivity contribution in [2.75, 3.05) is 26.2 Å². The van der Waals surface area contributed by atoms with E-state index in [1.165, 1.54) is 11.1 Å². The first-order valence-electron chi connectivity index (χ1n) is 8.95. The second-order valence-corrected chi connectivity index (χ2v) is 6.86. The maximum atomic E-state index is 10.3. The first-order chi connectivity index (χ1) is 11.7. The van der Waals surface area contributed by atoms with Crippen LogP contribution in [0, 0.1) is 6.92 Å². The molecule has 1 aliphatic rings. The molecule has 0 unspecified atom stereocenters. The molecule has 0 aliphatic carbocycles. The molecule has 2 atom stereocenters. The van der Waals surface area contributed by atoms with Gasteiger partial charge in [0.25, 0.3) is 0 Å². The van der Waals surface area contributed by atoms with E-state index in [1.54, 1.807) is 0 Å². The molecule has 1 fully saturated rings. The number of likely N-dealkylation sites (tertiary alicyclic amines) is 1. The third-order valence-electron chi connectivity index (χ3n) is 4.89. The van der Waals surface area contributed by atoms with Gasteiger partial charge in [-0.2, -0.15) is 0 Å². The van der Waals surface area contributed by atoms with Gasteiger partial charge in [-0.15, -0.1) is 0 Å². The molecule has 3 rings (SSSR count). The molecule has 0 radical (unpaired) electrons. The highest BCUT2D eigenvalue weighted by atomic mass is 16.3. The molecule has 128 valence electrons. The SMILES string of the molecule is Cc1ccc([C@H](O)CN[C@@H]2CCN(CCc3ccccc3)C2)cc1. The zero-order valence-electron chi connectivity index (χ0n) is 14.5. The van der Waals surface area contributed by atoms with Crippen LogP contribution in [0.5, 0.6) is 0 Å². The highest BCUT2D eigenvalue weighted by Gasteiger charge is 2.22. The number of nitrogens with one attached hydrogen (secondary N) is 1. The van der Waals surface area contributed by atoms with Crippen molar-refractivity contribution in [1.29, 1.82) is 0 Å². The van der Waals surface area contributed by atoms with Crippen LogP contribution >= 0.6 is 0 Å². The van der Waals surface area contributed by atoms with Crippen molar-refractivity contribution in [1.82, 2.24) is 10.2 Å². The minimum Gasteiger partial charge on any atom is -0.387 e. The molecule has 24 heavy (non-hydrogen) atoms. The van der Waals surface area contributed by atoms with E-state index in [4.69, 9.17) is 0 Å². The fourth-order valence-corrected chi connectivity index (χ4v) is 3.32. The van der Waals surface area contributed by atoms with Gasteiger partial charge in [0.15, 0.2) is 0 Å². The summed E-state index contributed by atoms with van der Waals surface area (Å²) in [6.45, 7) is 6.03. The fraction of sp³-hybridized carbons (Fsp3) is 0.429. The summed E-state index contributed by atoms with van der Waals surface area (Å²) >= 11 is 0. The summed E-state index contributed by atoms with van der Waals surface area (Å²) < 4.78 is 0. The molecule has 1 heterocycles. The van der Waals surface area contributed by atoms with Crippen LogP contribution < -0.4 is 5.32 Å². The van der Waals surface area contributed by atoms with Gasteiger partial charge in [0.2, 0.25) is 0 Å². The molecular weight excluding hydrogens is 296 g/mol. The maximum Gasteiger partial charge on any atom is 0.0914 e. The van der Waals surface area contributed by atoms with E-state index < -0.39 is 6.10 Å². The van der Waals surface area contributed by atoms with E-state index in [0.717, 1.165) is 38.0 Å². The van der Waals surface area contributed by atoms with Crippen LogP contribution in [-0.2, 0) is 6.42 Å². The van der Waals surface area contributed by atoms with E-state index in [-0.39, 0.29) is 0 Å². The fourth-order valence-electron chi connectivity index (χ4n) is 3.32. The van der Waals surface area contributed by atoms with Gasteiger partial charge in [-0.3, -0.25) is 0 Å². The number of hydrogen-bond acceptors (Lipinski definition) is 3. The molecular formula is C21H28N2O. The summed E-state index contributed by atoms with van der Waals surface area (Å²) in [4.78, 5) is 2.52. The Kier molecular flexibility index (Phi) is 6.02. The standard InChI is InChI=1S/C21H28N2O/c1-17-7-9-19(10-8-17)21(24)15-22-20-12-14-23(16-20)13-11-18-5-3-2-4-6-18/h2-10,20-22,24H,11-16H2,1H3/t20-,21-/m1/s1. The van der Waals surface area contributed by atoms with Crippen molar-refractivity contribution in [2.24, 2.45) is 0 Å². The van der Waals surface area contributed by atoms with Gasteiger partial charge in [0.1, 0.15) is 0 Å². The Bertz CT molecular complexity index is 611. The van der Waals surface area contributed by atoms with Gasteiger partial charge >= 0.3 is 0 Å².